The molecule has 0 radical (unpaired) electrons. The van der Waals surface area contributed by atoms with Gasteiger partial charge in [0.1, 0.15) is 18.3 Å². The van der Waals surface area contributed by atoms with Crippen LogP contribution in [0.4, 0.5) is 0 Å². The van der Waals surface area contributed by atoms with Crippen molar-refractivity contribution in [2.45, 2.75) is 160 Å². The second kappa shape index (κ2) is 15.5. The summed E-state index contributed by atoms with van der Waals surface area (Å²) in [6.45, 7) is 26.4. The molecule has 2 aliphatic rings. The van der Waals surface area contributed by atoms with Crippen LogP contribution < -0.4 is 0 Å². The van der Waals surface area contributed by atoms with E-state index in [9.17, 15) is 29.1 Å². The zero-order chi connectivity index (χ0) is 39.7. The maximum Gasteiger partial charge on any atom is 0.311 e. The van der Waals surface area contributed by atoms with Gasteiger partial charge in [-0.05, 0) is 115 Å². The lowest BCUT2D eigenvalue weighted by molar-refractivity contribution is -0.316. The summed E-state index contributed by atoms with van der Waals surface area (Å²) in [5.74, 6) is -2.67. The number of aliphatic hydroxyl groups is 1. The fourth-order valence-corrected chi connectivity index (χ4v) is 5.19. The second-order valence-corrected chi connectivity index (χ2v) is 18.6. The average molecular weight is 723 g/mol. The van der Waals surface area contributed by atoms with Gasteiger partial charge in [0.05, 0.1) is 27.8 Å². The predicted molar refractivity (Wildman–Crippen MR) is 189 cm³/mol. The Labute approximate surface area is 303 Å². The minimum atomic E-state index is -1.48. The third kappa shape index (κ3) is 11.2. The van der Waals surface area contributed by atoms with E-state index in [1.54, 1.807) is 123 Å². The molecule has 1 N–H and O–H groups in total. The Balaban J connectivity index is 2.72. The molecule has 51 heavy (non-hydrogen) atoms. The molecule has 0 aromatic heterocycles. The number of hydrogen-bond donors (Lipinski definition) is 1. The van der Waals surface area contributed by atoms with Gasteiger partial charge in [0.2, 0.25) is 0 Å². The molecule has 1 saturated heterocycles. The zero-order valence-electron chi connectivity index (χ0n) is 33.5. The highest BCUT2D eigenvalue weighted by atomic mass is 16.7. The third-order valence-corrected chi connectivity index (χ3v) is 8.73. The highest BCUT2D eigenvalue weighted by Crippen LogP contribution is 2.44. The highest BCUT2D eigenvalue weighted by molar-refractivity contribution is 5.92. The van der Waals surface area contributed by atoms with Crippen molar-refractivity contribution in [3.05, 3.63) is 23.8 Å². The summed E-state index contributed by atoms with van der Waals surface area (Å²) >= 11 is 0. The Hall–Kier alpha value is -3.09. The molecule has 1 heterocycles. The summed E-state index contributed by atoms with van der Waals surface area (Å²) in [7, 11) is 0. The molecule has 1 aliphatic heterocycles. The van der Waals surface area contributed by atoms with Crippen LogP contribution >= 0.6 is 0 Å². The van der Waals surface area contributed by atoms with Crippen LogP contribution in [-0.2, 0) is 52.4 Å². The fraction of sp³-hybridized carbons (Fsp3) is 0.769. The van der Waals surface area contributed by atoms with Crippen molar-refractivity contribution in [3.8, 4) is 0 Å². The lowest BCUT2D eigenvalue weighted by atomic mass is 9.64. The molecule has 12 heteroatoms. The van der Waals surface area contributed by atoms with Gasteiger partial charge >= 0.3 is 23.9 Å². The number of carbonyl (C=O) groups excluding carboxylic acids is 5. The number of hydrogen-bond acceptors (Lipinski definition) is 12. The summed E-state index contributed by atoms with van der Waals surface area (Å²) in [5, 5.41) is 11.7. The smallest absolute Gasteiger partial charge is 0.311 e. The Kier molecular flexibility index (Phi) is 13.4. The first-order chi connectivity index (χ1) is 22.8. The largest absolute Gasteiger partial charge is 0.462 e. The van der Waals surface area contributed by atoms with Crippen LogP contribution in [0, 0.1) is 27.1 Å². The van der Waals surface area contributed by atoms with Crippen LogP contribution in [0.2, 0.25) is 0 Å². The second-order valence-electron chi connectivity index (χ2n) is 18.6. The lowest BCUT2D eigenvalue weighted by Crippen LogP contribution is -2.64. The molecule has 0 bridgehead atoms. The first-order valence-electron chi connectivity index (χ1n) is 17.6. The maximum absolute atomic E-state index is 13.5. The molecule has 0 aromatic carbocycles. The predicted octanol–water partition coefficient (Wildman–Crippen LogP) is 5.81. The molecule has 7 atom stereocenters. The van der Waals surface area contributed by atoms with Crippen molar-refractivity contribution in [3.63, 3.8) is 0 Å². The number of allylic oxidation sites excluding steroid dienone is 1. The lowest BCUT2D eigenvalue weighted by Gasteiger charge is -2.46. The Morgan fingerprint density at radius 2 is 1.24 bits per heavy atom. The van der Waals surface area contributed by atoms with E-state index in [4.69, 9.17) is 28.4 Å². The topological polar surface area (TPSA) is 161 Å². The normalized spacial score (nSPS) is 28.1. The molecule has 1 aliphatic carbocycles. The van der Waals surface area contributed by atoms with Gasteiger partial charge in [-0.15, -0.1) is 0 Å². The number of esters is 4. The van der Waals surface area contributed by atoms with E-state index in [0.717, 1.165) is 0 Å². The quantitative estimate of drug-likeness (QED) is 0.173. The van der Waals surface area contributed by atoms with Crippen LogP contribution in [0.5, 0.6) is 0 Å². The van der Waals surface area contributed by atoms with Gasteiger partial charge in [0, 0.05) is 11.8 Å². The molecule has 0 aromatic rings. The number of ether oxygens (including phenoxy) is 6. The molecule has 12 nitrogen and oxygen atoms in total. The summed E-state index contributed by atoms with van der Waals surface area (Å²) in [5.41, 5.74) is -5.76. The van der Waals surface area contributed by atoms with Gasteiger partial charge in [-0.3, -0.25) is 24.0 Å². The van der Waals surface area contributed by atoms with Crippen molar-refractivity contribution >= 4 is 29.7 Å². The van der Waals surface area contributed by atoms with E-state index in [2.05, 4.69) is 0 Å². The SMILES string of the molecule is CC1=CC(=O)CC(C)(C)[C@@]1(O)/C=C/[C@@H](C)O[C@@H]1O[C@H](COC(=O)C(C)(C)C)[C@@H](OC(=O)C(C)(C)C)[C@H](OC(=O)C(C)(C)C)[C@H]1OC(=O)C(C)(C)C. The van der Waals surface area contributed by atoms with Crippen molar-refractivity contribution < 1.29 is 57.5 Å². The van der Waals surface area contributed by atoms with Crippen molar-refractivity contribution in [1.82, 2.24) is 0 Å². The first-order valence-corrected chi connectivity index (χ1v) is 17.6. The molecule has 1 fully saturated rings. The van der Waals surface area contributed by atoms with Crippen LogP contribution in [0.1, 0.15) is 117 Å². The van der Waals surface area contributed by atoms with Crippen molar-refractivity contribution in [2.24, 2.45) is 27.1 Å². The van der Waals surface area contributed by atoms with E-state index in [0.29, 0.717) is 5.57 Å². The summed E-state index contributed by atoms with van der Waals surface area (Å²) < 4.78 is 36.4. The maximum atomic E-state index is 13.5. The Bertz CT molecular complexity index is 1380. The van der Waals surface area contributed by atoms with E-state index in [1.807, 2.05) is 0 Å². The summed E-state index contributed by atoms with van der Waals surface area (Å²) in [4.78, 5) is 65.5. The molecule has 290 valence electrons. The molecule has 2 rings (SSSR count). The average Bonchev–Trinajstić information content (AvgIpc) is 2.94. The summed E-state index contributed by atoms with van der Waals surface area (Å²) in [6.07, 6.45) is -3.10. The fourth-order valence-electron chi connectivity index (χ4n) is 5.19. The van der Waals surface area contributed by atoms with Gasteiger partial charge in [0.15, 0.2) is 30.4 Å². The van der Waals surface area contributed by atoms with E-state index >= 15 is 0 Å². The highest BCUT2D eigenvalue weighted by Gasteiger charge is 2.55. The Morgan fingerprint density at radius 1 is 0.804 bits per heavy atom. The van der Waals surface area contributed by atoms with Crippen molar-refractivity contribution in [2.75, 3.05) is 6.61 Å². The van der Waals surface area contributed by atoms with Crippen molar-refractivity contribution in [1.29, 1.82) is 0 Å². The number of carbonyl (C=O) groups is 5. The van der Waals surface area contributed by atoms with Crippen LogP contribution in [0.15, 0.2) is 23.8 Å². The van der Waals surface area contributed by atoms with Crippen LogP contribution in [0.3, 0.4) is 0 Å². The van der Waals surface area contributed by atoms with Gasteiger partial charge in [-0.1, -0.05) is 19.9 Å². The first kappa shape index (κ1) is 44.1. The van der Waals surface area contributed by atoms with Gasteiger partial charge in [0.25, 0.3) is 0 Å². The zero-order valence-corrected chi connectivity index (χ0v) is 33.5. The number of ketones is 1. The molecular formula is C39H62O12. The van der Waals surface area contributed by atoms with E-state index in [-0.39, 0.29) is 12.2 Å². The molecular weight excluding hydrogens is 660 g/mol. The van der Waals surface area contributed by atoms with E-state index < -0.39 is 100.0 Å². The summed E-state index contributed by atoms with van der Waals surface area (Å²) in [6, 6.07) is 0. The standard InChI is InChI=1S/C39H62O12/c1-22-19-24(40)20-38(15,16)39(22,45)18-17-23(2)47-29-28(51-33(44)37(12,13)14)27(50-32(43)36(9,10)11)26(49-31(42)35(6,7)8)25(48-29)21-46-30(41)34(3,4)5/h17-19,23,25-29,45H,20-21H2,1-16H3/b18-17+/t23-,25-,26-,27+,28-,29-,39-/m1/s1. The molecule has 0 spiro atoms. The Morgan fingerprint density at radius 3 is 1.67 bits per heavy atom. The molecule has 0 amide bonds. The van der Waals surface area contributed by atoms with Crippen LogP contribution in [0.25, 0.3) is 0 Å². The molecule has 0 unspecified atom stereocenters. The van der Waals surface area contributed by atoms with Crippen LogP contribution in [-0.4, -0.2) is 83.8 Å². The number of rotatable bonds is 9. The van der Waals surface area contributed by atoms with E-state index in [1.165, 1.54) is 6.08 Å². The van der Waals surface area contributed by atoms with Gasteiger partial charge < -0.3 is 33.5 Å². The van der Waals surface area contributed by atoms with Gasteiger partial charge in [-0.25, -0.2) is 0 Å². The third-order valence-electron chi connectivity index (χ3n) is 8.73. The minimum absolute atomic E-state index is 0.0882. The van der Waals surface area contributed by atoms with Gasteiger partial charge in [-0.2, -0.15) is 0 Å². The monoisotopic (exact) mass is 722 g/mol. The molecule has 0 saturated carbocycles. The minimum Gasteiger partial charge on any atom is -0.462 e.